The molecule has 0 saturated carbocycles. The van der Waals surface area contributed by atoms with Crippen molar-refractivity contribution in [1.29, 1.82) is 0 Å². The number of aromatic nitrogens is 1. The van der Waals surface area contributed by atoms with E-state index in [0.29, 0.717) is 43.2 Å². The Morgan fingerprint density at radius 2 is 1.74 bits per heavy atom. The molecule has 0 amide bonds. The van der Waals surface area contributed by atoms with Gasteiger partial charge in [-0.25, -0.2) is 14.6 Å². The molecule has 1 aliphatic rings. The molecule has 2 heterocycles. The van der Waals surface area contributed by atoms with Gasteiger partial charge in [-0.05, 0) is 61.4 Å². The van der Waals surface area contributed by atoms with Crippen molar-refractivity contribution in [3.8, 4) is 11.5 Å². The van der Waals surface area contributed by atoms with Gasteiger partial charge in [0.25, 0.3) is 5.56 Å². The van der Waals surface area contributed by atoms with E-state index in [1.165, 1.54) is 15.9 Å². The molecule has 3 aromatic carbocycles. The zero-order chi connectivity index (χ0) is 29.8. The smallest absolute Gasteiger partial charge is 0.344 e. The van der Waals surface area contributed by atoms with Crippen molar-refractivity contribution in [2.45, 2.75) is 26.8 Å². The van der Waals surface area contributed by atoms with E-state index in [1.54, 1.807) is 52.2 Å². The Morgan fingerprint density at radius 3 is 2.45 bits per heavy atom. The number of methoxy groups -OCH3 is 1. The van der Waals surface area contributed by atoms with Crippen LogP contribution < -0.4 is 24.4 Å². The van der Waals surface area contributed by atoms with E-state index >= 15 is 0 Å². The monoisotopic (exact) mass is 586 g/mol. The Hall–Kier alpha value is -4.70. The molecular formula is C32H30N2O7S. The van der Waals surface area contributed by atoms with E-state index in [1.807, 2.05) is 42.5 Å². The predicted molar refractivity (Wildman–Crippen MR) is 159 cm³/mol. The highest BCUT2D eigenvalue weighted by Gasteiger charge is 2.33. The average Bonchev–Trinajstić information content (AvgIpc) is 3.30. The van der Waals surface area contributed by atoms with Gasteiger partial charge in [-0.2, -0.15) is 0 Å². The van der Waals surface area contributed by atoms with Crippen molar-refractivity contribution in [2.24, 2.45) is 4.99 Å². The molecule has 0 bridgehead atoms. The van der Waals surface area contributed by atoms with Gasteiger partial charge in [0.15, 0.2) is 11.4 Å². The summed E-state index contributed by atoms with van der Waals surface area (Å²) in [5.74, 6) is 0.0635. The molecule has 1 aliphatic heterocycles. The van der Waals surface area contributed by atoms with Gasteiger partial charge in [0, 0.05) is 5.56 Å². The largest absolute Gasteiger partial charge is 0.497 e. The third-order valence-corrected chi connectivity index (χ3v) is 7.79. The molecule has 42 heavy (non-hydrogen) atoms. The standard InChI is InChI=1S/C32H30N2O7S/c1-5-39-27(35)18-41-25-16-13-20-9-7-8-10-23(20)24(25)17-26-30(36)34-29(21-11-14-22(38-4)15-12-21)28(31(37)40-6-2)19(3)33-32(34)42-26/h7-17,29H,5-6,18H2,1-4H3/b26-17-/t29-/m1/s1. The number of carbonyl (C=O) groups is 2. The lowest BCUT2D eigenvalue weighted by molar-refractivity contribution is -0.145. The summed E-state index contributed by atoms with van der Waals surface area (Å²) in [4.78, 5) is 44.4. The van der Waals surface area contributed by atoms with Crippen molar-refractivity contribution in [3.63, 3.8) is 0 Å². The van der Waals surface area contributed by atoms with Crippen LogP contribution in [0.25, 0.3) is 16.8 Å². The summed E-state index contributed by atoms with van der Waals surface area (Å²) in [7, 11) is 1.57. The number of rotatable bonds is 9. The van der Waals surface area contributed by atoms with Gasteiger partial charge in [0.05, 0.1) is 42.2 Å². The first-order chi connectivity index (χ1) is 20.4. The summed E-state index contributed by atoms with van der Waals surface area (Å²) < 4.78 is 23.5. The number of benzene rings is 3. The van der Waals surface area contributed by atoms with Gasteiger partial charge in [-0.3, -0.25) is 9.36 Å². The van der Waals surface area contributed by atoms with Gasteiger partial charge >= 0.3 is 11.9 Å². The molecular weight excluding hydrogens is 556 g/mol. The van der Waals surface area contributed by atoms with Crippen molar-refractivity contribution < 1.29 is 28.5 Å². The lowest BCUT2D eigenvalue weighted by Gasteiger charge is -2.24. The molecule has 4 aromatic rings. The van der Waals surface area contributed by atoms with E-state index in [4.69, 9.17) is 18.9 Å². The highest BCUT2D eigenvalue weighted by Crippen LogP contribution is 2.32. The molecule has 216 valence electrons. The maximum Gasteiger partial charge on any atom is 0.344 e. The fourth-order valence-corrected chi connectivity index (χ4v) is 5.94. The fourth-order valence-electron chi connectivity index (χ4n) is 4.91. The normalized spacial score (nSPS) is 14.8. The van der Waals surface area contributed by atoms with E-state index in [0.717, 1.165) is 10.8 Å². The second kappa shape index (κ2) is 12.4. The molecule has 0 unspecified atom stereocenters. The molecule has 1 atom stereocenters. The Morgan fingerprint density at radius 1 is 1.00 bits per heavy atom. The Bertz CT molecular complexity index is 1870. The molecule has 0 radical (unpaired) electrons. The molecule has 0 N–H and O–H groups in total. The number of fused-ring (bicyclic) bond motifs is 2. The van der Waals surface area contributed by atoms with Crippen molar-refractivity contribution in [1.82, 2.24) is 4.57 Å². The van der Waals surface area contributed by atoms with Crippen LogP contribution in [0.4, 0.5) is 0 Å². The van der Waals surface area contributed by atoms with Crippen LogP contribution in [0.5, 0.6) is 11.5 Å². The molecule has 0 aliphatic carbocycles. The number of nitrogens with zero attached hydrogens (tertiary/aromatic N) is 2. The number of hydrogen-bond donors (Lipinski definition) is 0. The van der Waals surface area contributed by atoms with E-state index in [9.17, 15) is 14.4 Å². The minimum atomic E-state index is -0.750. The quantitative estimate of drug-likeness (QED) is 0.274. The third-order valence-electron chi connectivity index (χ3n) is 6.81. The molecule has 0 saturated heterocycles. The van der Waals surface area contributed by atoms with Crippen LogP contribution in [0.1, 0.15) is 37.9 Å². The van der Waals surface area contributed by atoms with Crippen LogP contribution in [0.3, 0.4) is 0 Å². The minimum absolute atomic E-state index is 0.186. The molecule has 0 spiro atoms. The van der Waals surface area contributed by atoms with Crippen molar-refractivity contribution >= 4 is 40.1 Å². The zero-order valence-corrected chi connectivity index (χ0v) is 24.5. The first-order valence-electron chi connectivity index (χ1n) is 13.5. The van der Waals surface area contributed by atoms with Gasteiger partial charge < -0.3 is 18.9 Å². The lowest BCUT2D eigenvalue weighted by Crippen LogP contribution is -2.39. The predicted octanol–water partition coefficient (Wildman–Crippen LogP) is 3.90. The number of ether oxygens (including phenoxy) is 4. The molecule has 5 rings (SSSR count). The van der Waals surface area contributed by atoms with Gasteiger partial charge in [0.2, 0.25) is 0 Å². The summed E-state index contributed by atoms with van der Waals surface area (Å²) in [5, 5.41) is 1.79. The Balaban J connectivity index is 1.70. The maximum atomic E-state index is 14.1. The molecule has 0 fully saturated rings. The number of esters is 2. The van der Waals surface area contributed by atoms with Crippen LogP contribution in [0.2, 0.25) is 0 Å². The van der Waals surface area contributed by atoms with Crippen LogP contribution in [0, 0.1) is 0 Å². The maximum absolute atomic E-state index is 14.1. The number of thiazole rings is 1. The van der Waals surface area contributed by atoms with Gasteiger partial charge in [-0.1, -0.05) is 53.8 Å². The highest BCUT2D eigenvalue weighted by molar-refractivity contribution is 7.07. The van der Waals surface area contributed by atoms with Gasteiger partial charge in [-0.15, -0.1) is 0 Å². The molecule has 9 nitrogen and oxygen atoms in total. The van der Waals surface area contributed by atoms with Gasteiger partial charge in [0.1, 0.15) is 11.5 Å². The molecule has 1 aromatic heterocycles. The number of allylic oxidation sites excluding steroid dienone is 1. The second-order valence-electron chi connectivity index (χ2n) is 9.37. The summed E-state index contributed by atoms with van der Waals surface area (Å²) in [6.45, 7) is 5.37. The van der Waals surface area contributed by atoms with E-state index in [-0.39, 0.29) is 25.4 Å². The Labute approximate surface area is 245 Å². The molecule has 10 heteroatoms. The van der Waals surface area contributed by atoms with E-state index < -0.39 is 18.0 Å². The fraction of sp³-hybridized carbons (Fsp3) is 0.250. The lowest BCUT2D eigenvalue weighted by atomic mass is 9.96. The van der Waals surface area contributed by atoms with Crippen LogP contribution in [-0.2, 0) is 19.1 Å². The Kier molecular flexibility index (Phi) is 8.53. The SMILES string of the molecule is CCOC(=O)COc1ccc2ccccc2c1/C=c1\sc2n(c1=O)[C@H](c1ccc(OC)cc1)C(C(=O)OCC)=C(C)N=2. The summed E-state index contributed by atoms with van der Waals surface area (Å²) >= 11 is 1.21. The van der Waals surface area contributed by atoms with Crippen LogP contribution in [-0.4, -0.2) is 43.4 Å². The van der Waals surface area contributed by atoms with Crippen LogP contribution >= 0.6 is 11.3 Å². The zero-order valence-electron chi connectivity index (χ0n) is 23.7. The summed E-state index contributed by atoms with van der Waals surface area (Å²) in [6.07, 6.45) is 1.75. The topological polar surface area (TPSA) is 105 Å². The third kappa shape index (κ3) is 5.58. The number of hydrogen-bond acceptors (Lipinski definition) is 9. The minimum Gasteiger partial charge on any atom is -0.497 e. The summed E-state index contributed by atoms with van der Waals surface area (Å²) in [6, 6.07) is 17.8. The summed E-state index contributed by atoms with van der Waals surface area (Å²) in [5.41, 5.74) is 1.81. The second-order valence-corrected chi connectivity index (χ2v) is 10.4. The van der Waals surface area contributed by atoms with E-state index in [2.05, 4.69) is 4.99 Å². The van der Waals surface area contributed by atoms with Crippen molar-refractivity contribution in [3.05, 3.63) is 103 Å². The first-order valence-corrected chi connectivity index (χ1v) is 14.3. The first kappa shape index (κ1) is 28.8. The number of carbonyl (C=O) groups excluding carboxylic acids is 2. The average molecular weight is 587 g/mol. The van der Waals surface area contributed by atoms with Crippen molar-refractivity contribution in [2.75, 3.05) is 26.9 Å². The van der Waals surface area contributed by atoms with Crippen LogP contribution in [0.15, 0.2) is 81.7 Å². The highest BCUT2D eigenvalue weighted by atomic mass is 32.1.